The molecule has 9 nitrogen and oxygen atoms in total. The van der Waals surface area contributed by atoms with Gasteiger partial charge in [-0.3, -0.25) is 14.9 Å². The monoisotopic (exact) mass is 336 g/mol. The van der Waals surface area contributed by atoms with Gasteiger partial charge in [0.15, 0.2) is 11.9 Å². The van der Waals surface area contributed by atoms with Crippen molar-refractivity contribution in [3.8, 4) is 0 Å². The Balaban J connectivity index is 2.20. The van der Waals surface area contributed by atoms with Crippen LogP contribution in [0.1, 0.15) is 16.1 Å². The Bertz CT molecular complexity index is 820. The first kappa shape index (κ1) is 16.6. The number of carbonyl (C=O) groups excluding carboxylic acids is 1. The summed E-state index contributed by atoms with van der Waals surface area (Å²) in [5.74, 6) is -0.776. The maximum atomic E-state index is 12.0. The second-order valence-corrected chi connectivity index (χ2v) is 5.15. The van der Waals surface area contributed by atoms with E-state index in [1.165, 1.54) is 41.5 Å². The molecule has 0 aliphatic rings. The van der Waals surface area contributed by atoms with Gasteiger partial charge >= 0.3 is 5.97 Å². The first-order valence-corrected chi connectivity index (χ1v) is 7.56. The number of nitro groups is 1. The van der Waals surface area contributed by atoms with E-state index in [4.69, 9.17) is 4.74 Å². The van der Waals surface area contributed by atoms with Crippen LogP contribution in [0.15, 0.2) is 34.2 Å². The Morgan fingerprint density at radius 3 is 2.83 bits per heavy atom. The molecular formula is C13H12N4O5S. The molecule has 0 saturated heterocycles. The summed E-state index contributed by atoms with van der Waals surface area (Å²) in [4.78, 5) is 34.1. The summed E-state index contributed by atoms with van der Waals surface area (Å²) in [6.07, 6.45) is 1.71. The van der Waals surface area contributed by atoms with Crippen molar-refractivity contribution in [1.29, 1.82) is 0 Å². The molecule has 23 heavy (non-hydrogen) atoms. The Morgan fingerprint density at radius 2 is 2.17 bits per heavy atom. The van der Waals surface area contributed by atoms with Gasteiger partial charge in [-0.1, -0.05) is 17.8 Å². The number of carbonyl (C=O) groups is 1. The fraction of sp³-hybridized carbons (Fsp3) is 0.231. The third-order valence-corrected chi connectivity index (χ3v) is 3.54. The fourth-order valence-corrected chi connectivity index (χ4v) is 2.19. The Morgan fingerprint density at radius 1 is 1.43 bits per heavy atom. The van der Waals surface area contributed by atoms with Crippen LogP contribution in [-0.4, -0.2) is 31.9 Å². The number of nitrogens with zero attached hydrogens (tertiary/aromatic N) is 4. The average molecular weight is 336 g/mol. The highest BCUT2D eigenvalue weighted by atomic mass is 32.2. The van der Waals surface area contributed by atoms with Gasteiger partial charge in [-0.2, -0.15) is 0 Å². The lowest BCUT2D eigenvalue weighted by molar-refractivity contribution is -0.384. The number of esters is 1. The number of benzene rings is 1. The van der Waals surface area contributed by atoms with Crippen LogP contribution < -0.4 is 5.56 Å². The molecule has 0 aliphatic heterocycles. The van der Waals surface area contributed by atoms with E-state index in [1.54, 1.807) is 6.26 Å². The summed E-state index contributed by atoms with van der Waals surface area (Å²) in [7, 11) is 0. The number of ether oxygens (including phenoxy) is 1. The molecule has 0 unspecified atom stereocenters. The molecular weight excluding hydrogens is 324 g/mol. The number of aromatic nitrogens is 3. The first-order valence-electron chi connectivity index (χ1n) is 6.33. The minimum absolute atomic E-state index is 0.0247. The number of aryl methyl sites for hydroxylation is 1. The van der Waals surface area contributed by atoms with Gasteiger partial charge in [0.2, 0.25) is 0 Å². The van der Waals surface area contributed by atoms with Gasteiger partial charge in [-0.05, 0) is 19.2 Å². The molecule has 0 spiro atoms. The lowest BCUT2D eigenvalue weighted by Crippen LogP contribution is -2.28. The fourth-order valence-electron chi connectivity index (χ4n) is 1.71. The molecule has 0 saturated carbocycles. The predicted octanol–water partition coefficient (Wildman–Crippen LogP) is 1.39. The van der Waals surface area contributed by atoms with Gasteiger partial charge < -0.3 is 4.74 Å². The van der Waals surface area contributed by atoms with E-state index in [0.29, 0.717) is 5.16 Å². The van der Waals surface area contributed by atoms with E-state index in [9.17, 15) is 19.7 Å². The van der Waals surface area contributed by atoms with Crippen molar-refractivity contribution in [3.63, 3.8) is 0 Å². The largest absolute Gasteiger partial charge is 0.440 e. The number of hydrogen-bond donors (Lipinski definition) is 0. The third kappa shape index (κ3) is 3.72. The van der Waals surface area contributed by atoms with Gasteiger partial charge in [0, 0.05) is 12.1 Å². The molecule has 0 fully saturated rings. The number of rotatable bonds is 5. The lowest BCUT2D eigenvalue weighted by atomic mass is 10.2. The van der Waals surface area contributed by atoms with Crippen molar-refractivity contribution in [2.24, 2.45) is 0 Å². The molecule has 0 radical (unpaired) electrons. The topological polar surface area (TPSA) is 117 Å². The Kier molecular flexibility index (Phi) is 5.06. The molecule has 1 heterocycles. The summed E-state index contributed by atoms with van der Waals surface area (Å²) in [5, 5.41) is 18.6. The first-order chi connectivity index (χ1) is 10.9. The van der Waals surface area contributed by atoms with Gasteiger partial charge in [-0.25, -0.2) is 9.36 Å². The maximum absolute atomic E-state index is 12.0. The summed E-state index contributed by atoms with van der Waals surface area (Å²) < 4.78 is 6.22. The van der Waals surface area contributed by atoms with E-state index in [1.807, 2.05) is 0 Å². The SMILES string of the molecule is CSc1nnc(C)c(=O)n1COC(=O)c1cccc([N+](=O)[O-])c1. The summed E-state index contributed by atoms with van der Waals surface area (Å²) in [5.41, 5.74) is -0.440. The van der Waals surface area contributed by atoms with Crippen molar-refractivity contribution < 1.29 is 14.5 Å². The standard InChI is InChI=1S/C13H12N4O5S/c1-8-11(18)16(13(23-2)15-14-8)7-22-12(19)9-4-3-5-10(6-9)17(20)21/h3-6H,7H2,1-2H3. The highest BCUT2D eigenvalue weighted by Gasteiger charge is 2.15. The summed E-state index contributed by atoms with van der Waals surface area (Å²) in [6, 6.07) is 5.15. The molecule has 0 atom stereocenters. The Hall–Kier alpha value is -2.75. The molecule has 1 aromatic carbocycles. The molecule has 2 rings (SSSR count). The van der Waals surface area contributed by atoms with E-state index < -0.39 is 16.5 Å². The summed E-state index contributed by atoms with van der Waals surface area (Å²) >= 11 is 1.18. The zero-order valence-corrected chi connectivity index (χ0v) is 13.1. The van der Waals surface area contributed by atoms with Crippen molar-refractivity contribution in [3.05, 3.63) is 56.0 Å². The van der Waals surface area contributed by atoms with Crippen molar-refractivity contribution in [2.75, 3.05) is 6.26 Å². The van der Waals surface area contributed by atoms with Crippen molar-refractivity contribution in [1.82, 2.24) is 14.8 Å². The van der Waals surface area contributed by atoms with Crippen LogP contribution >= 0.6 is 11.8 Å². The molecule has 2 aromatic rings. The van der Waals surface area contributed by atoms with E-state index in [0.717, 1.165) is 6.07 Å². The normalized spacial score (nSPS) is 10.3. The van der Waals surface area contributed by atoms with Crippen LogP contribution in [0.25, 0.3) is 0 Å². The van der Waals surface area contributed by atoms with Gasteiger partial charge in [0.05, 0.1) is 10.5 Å². The van der Waals surface area contributed by atoms with Crippen LogP contribution in [0, 0.1) is 17.0 Å². The summed E-state index contributed by atoms with van der Waals surface area (Å²) in [6.45, 7) is 1.14. The number of nitro benzene ring substituents is 1. The molecule has 0 N–H and O–H groups in total. The zero-order chi connectivity index (χ0) is 17.0. The smallest absolute Gasteiger partial charge is 0.340 e. The molecule has 0 bridgehead atoms. The van der Waals surface area contributed by atoms with Crippen molar-refractivity contribution >= 4 is 23.4 Å². The van der Waals surface area contributed by atoms with Crippen LogP contribution in [0.5, 0.6) is 0 Å². The average Bonchev–Trinajstić information content (AvgIpc) is 2.56. The number of non-ortho nitro benzene ring substituents is 1. The van der Waals surface area contributed by atoms with Crippen molar-refractivity contribution in [2.45, 2.75) is 18.8 Å². The van der Waals surface area contributed by atoms with Gasteiger partial charge in [-0.15, -0.1) is 10.2 Å². The highest BCUT2D eigenvalue weighted by Crippen LogP contribution is 2.14. The van der Waals surface area contributed by atoms with Gasteiger partial charge in [0.1, 0.15) is 5.69 Å². The number of hydrogen-bond acceptors (Lipinski definition) is 8. The lowest BCUT2D eigenvalue weighted by Gasteiger charge is -2.10. The quantitative estimate of drug-likeness (QED) is 0.348. The molecule has 120 valence electrons. The predicted molar refractivity (Wildman–Crippen MR) is 81.3 cm³/mol. The van der Waals surface area contributed by atoms with E-state index >= 15 is 0 Å². The van der Waals surface area contributed by atoms with Crippen LogP contribution in [-0.2, 0) is 11.5 Å². The van der Waals surface area contributed by atoms with Crippen LogP contribution in [0.2, 0.25) is 0 Å². The van der Waals surface area contributed by atoms with Crippen LogP contribution in [0.3, 0.4) is 0 Å². The van der Waals surface area contributed by atoms with E-state index in [-0.39, 0.29) is 23.7 Å². The second kappa shape index (κ2) is 7.01. The van der Waals surface area contributed by atoms with Gasteiger partial charge in [0.25, 0.3) is 11.2 Å². The molecule has 0 aliphatic carbocycles. The third-order valence-electron chi connectivity index (χ3n) is 2.87. The van der Waals surface area contributed by atoms with E-state index in [2.05, 4.69) is 10.2 Å². The molecule has 1 aromatic heterocycles. The Labute approximate surface area is 134 Å². The van der Waals surface area contributed by atoms with Crippen LogP contribution in [0.4, 0.5) is 5.69 Å². The minimum atomic E-state index is -0.776. The number of thioether (sulfide) groups is 1. The second-order valence-electron chi connectivity index (χ2n) is 4.37. The maximum Gasteiger partial charge on any atom is 0.340 e. The molecule has 0 amide bonds. The highest BCUT2D eigenvalue weighted by molar-refractivity contribution is 7.98. The molecule has 10 heteroatoms. The zero-order valence-electron chi connectivity index (χ0n) is 12.3. The minimum Gasteiger partial charge on any atom is -0.440 e.